The minimum atomic E-state index is -0.149. The van der Waals surface area contributed by atoms with E-state index in [4.69, 9.17) is 32.7 Å². The van der Waals surface area contributed by atoms with Crippen LogP contribution in [0.3, 0.4) is 0 Å². The van der Waals surface area contributed by atoms with Crippen molar-refractivity contribution in [2.75, 3.05) is 19.7 Å². The van der Waals surface area contributed by atoms with Gasteiger partial charge in [0.15, 0.2) is 5.15 Å². The number of ether oxygens (including phenoxy) is 2. The predicted molar refractivity (Wildman–Crippen MR) is 153 cm³/mol. The Morgan fingerprint density at radius 3 is 2.66 bits per heavy atom. The lowest BCUT2D eigenvalue weighted by molar-refractivity contribution is -0.149. The quantitative estimate of drug-likeness (QED) is 0.170. The maximum Gasteiger partial charge on any atom is 0.309 e. The number of piperidine rings is 1. The Kier molecular flexibility index (Phi) is 8.32. The van der Waals surface area contributed by atoms with E-state index in [1.165, 1.54) is 16.7 Å². The molecule has 0 spiro atoms. The highest BCUT2D eigenvalue weighted by Gasteiger charge is 2.30. The molecule has 1 atom stereocenters. The Bertz CT molecular complexity index is 1340. The molecule has 6 nitrogen and oxygen atoms in total. The Balaban J connectivity index is 1.21. The molecule has 5 rings (SSSR count). The first-order chi connectivity index (χ1) is 18.3. The lowest BCUT2D eigenvalue weighted by atomic mass is 9.90. The summed E-state index contributed by atoms with van der Waals surface area (Å²) < 4.78 is 13.3. The van der Waals surface area contributed by atoms with Gasteiger partial charge >= 0.3 is 5.97 Å². The zero-order valence-electron chi connectivity index (χ0n) is 22.3. The third-order valence-electron chi connectivity index (χ3n) is 7.53. The maximum absolute atomic E-state index is 12.1. The largest absolute Gasteiger partial charge is 0.489 e. The number of aryl methyl sites for hydroxylation is 1. The van der Waals surface area contributed by atoms with Crippen LogP contribution in [0.25, 0.3) is 17.0 Å². The highest BCUT2D eigenvalue weighted by atomic mass is 35.5. The summed E-state index contributed by atoms with van der Waals surface area (Å²) >= 11 is 13.3. The van der Waals surface area contributed by atoms with Crippen molar-refractivity contribution >= 4 is 46.2 Å². The van der Waals surface area contributed by atoms with Gasteiger partial charge in [-0.25, -0.2) is 0 Å². The zero-order valence-corrected chi connectivity index (χ0v) is 23.8. The Labute approximate surface area is 234 Å². The third-order valence-corrected chi connectivity index (χ3v) is 8.37. The number of alkyl halides is 1. The van der Waals surface area contributed by atoms with Gasteiger partial charge in [0, 0.05) is 24.5 Å². The number of nitrogens with zero attached hydrogens (tertiary/aromatic N) is 3. The molecular formula is C30H35Cl2N3O3. The molecule has 202 valence electrons. The normalized spacial score (nSPS) is 17.4. The van der Waals surface area contributed by atoms with Gasteiger partial charge in [0.25, 0.3) is 0 Å². The van der Waals surface area contributed by atoms with Crippen molar-refractivity contribution in [3.63, 3.8) is 0 Å². The van der Waals surface area contributed by atoms with Gasteiger partial charge in [-0.15, -0.1) is 11.6 Å². The SMILES string of the molecule is CCOC(=O)C1CCN(C(Cl)C2=Cc3ccc(OCc4ccc5c(c4)c(Cl)nn5C(C)C)cc3CC2)CC1. The fraction of sp³-hybridized carbons (Fsp3) is 0.467. The number of esters is 1. The predicted octanol–water partition coefficient (Wildman–Crippen LogP) is 7.02. The Hall–Kier alpha value is -2.54. The van der Waals surface area contributed by atoms with Crippen LogP contribution in [0.4, 0.5) is 0 Å². The first-order valence-electron chi connectivity index (χ1n) is 13.5. The molecule has 1 saturated heterocycles. The van der Waals surface area contributed by atoms with E-state index in [1.54, 1.807) is 0 Å². The highest BCUT2D eigenvalue weighted by Crippen LogP contribution is 2.34. The number of likely N-dealkylation sites (tertiary alicyclic amines) is 1. The smallest absolute Gasteiger partial charge is 0.309 e. The van der Waals surface area contributed by atoms with Crippen molar-refractivity contribution in [3.05, 3.63) is 63.8 Å². The summed E-state index contributed by atoms with van der Waals surface area (Å²) in [5.74, 6) is 0.771. The van der Waals surface area contributed by atoms with Crippen LogP contribution in [0.2, 0.25) is 5.15 Å². The molecule has 0 saturated carbocycles. The van der Waals surface area contributed by atoms with Crippen LogP contribution in [0, 0.1) is 5.92 Å². The van der Waals surface area contributed by atoms with E-state index in [9.17, 15) is 4.79 Å². The monoisotopic (exact) mass is 555 g/mol. The number of aromatic nitrogens is 2. The second-order valence-corrected chi connectivity index (χ2v) is 11.2. The van der Waals surface area contributed by atoms with Crippen LogP contribution in [-0.2, 0) is 22.6 Å². The minimum absolute atomic E-state index is 0.00814. The lowest BCUT2D eigenvalue weighted by Crippen LogP contribution is -2.41. The van der Waals surface area contributed by atoms with E-state index in [0.29, 0.717) is 18.4 Å². The van der Waals surface area contributed by atoms with Gasteiger partial charge in [0.2, 0.25) is 0 Å². The summed E-state index contributed by atoms with van der Waals surface area (Å²) in [4.78, 5) is 14.3. The molecule has 0 N–H and O–H groups in total. The summed E-state index contributed by atoms with van der Waals surface area (Å²) in [5, 5.41) is 5.94. The van der Waals surface area contributed by atoms with Crippen molar-refractivity contribution < 1.29 is 14.3 Å². The summed E-state index contributed by atoms with van der Waals surface area (Å²) in [6, 6.07) is 12.7. The van der Waals surface area contributed by atoms with Gasteiger partial charge in [0.1, 0.15) is 17.9 Å². The zero-order chi connectivity index (χ0) is 26.8. The van der Waals surface area contributed by atoms with Gasteiger partial charge in [-0.1, -0.05) is 29.8 Å². The molecule has 1 aromatic heterocycles. The van der Waals surface area contributed by atoms with Crippen LogP contribution >= 0.6 is 23.2 Å². The second-order valence-electron chi connectivity index (χ2n) is 10.4. The molecule has 8 heteroatoms. The fourth-order valence-corrected chi connectivity index (χ4v) is 6.03. The summed E-state index contributed by atoms with van der Waals surface area (Å²) in [7, 11) is 0. The number of hydrogen-bond acceptors (Lipinski definition) is 5. The minimum Gasteiger partial charge on any atom is -0.489 e. The van der Waals surface area contributed by atoms with Crippen LogP contribution in [0.1, 0.15) is 62.8 Å². The van der Waals surface area contributed by atoms with Crippen LogP contribution in [0.15, 0.2) is 42.0 Å². The molecular weight excluding hydrogens is 521 g/mol. The number of carbonyl (C=O) groups is 1. The van der Waals surface area contributed by atoms with Crippen molar-refractivity contribution in [3.8, 4) is 5.75 Å². The molecule has 2 aliphatic rings. The molecule has 2 heterocycles. The third kappa shape index (κ3) is 5.73. The van der Waals surface area contributed by atoms with E-state index in [1.807, 2.05) is 17.7 Å². The van der Waals surface area contributed by atoms with E-state index in [0.717, 1.165) is 61.0 Å². The summed E-state index contributed by atoms with van der Waals surface area (Å²) in [6.07, 6.45) is 5.66. The first kappa shape index (κ1) is 27.0. The Morgan fingerprint density at radius 2 is 1.92 bits per heavy atom. The van der Waals surface area contributed by atoms with E-state index < -0.39 is 0 Å². The number of fused-ring (bicyclic) bond motifs is 2. The topological polar surface area (TPSA) is 56.6 Å². The number of carbonyl (C=O) groups excluding carboxylic acids is 1. The van der Waals surface area contributed by atoms with E-state index in [2.05, 4.69) is 60.3 Å². The second kappa shape index (κ2) is 11.7. The molecule has 0 amide bonds. The average Bonchev–Trinajstić information content (AvgIpc) is 3.27. The highest BCUT2D eigenvalue weighted by molar-refractivity contribution is 6.34. The van der Waals surface area contributed by atoms with Gasteiger partial charge in [-0.05, 0) is 93.0 Å². The van der Waals surface area contributed by atoms with Crippen LogP contribution < -0.4 is 4.74 Å². The molecule has 3 aromatic rings. The molecule has 0 bridgehead atoms. The van der Waals surface area contributed by atoms with Crippen molar-refractivity contribution in [2.24, 2.45) is 5.92 Å². The lowest BCUT2D eigenvalue weighted by Gasteiger charge is -2.35. The van der Waals surface area contributed by atoms with E-state index >= 15 is 0 Å². The van der Waals surface area contributed by atoms with Crippen LogP contribution in [-0.4, -0.2) is 45.8 Å². The molecule has 1 aliphatic carbocycles. The van der Waals surface area contributed by atoms with Crippen molar-refractivity contribution in [2.45, 2.75) is 64.6 Å². The molecule has 1 aliphatic heterocycles. The van der Waals surface area contributed by atoms with E-state index in [-0.39, 0.29) is 23.4 Å². The first-order valence-corrected chi connectivity index (χ1v) is 14.3. The number of benzene rings is 2. The molecule has 1 fully saturated rings. The standard InChI is InChI=1S/C30H35Cl2N3O3/c1-4-37-30(36)21-11-13-34(14-12-21)29(32)24-7-6-23-17-25(9-8-22(23)16-24)38-18-20-5-10-27-26(15-20)28(31)33-35(27)19(2)3/h5,8-10,15-17,19,21,29H,4,6-7,11-14,18H2,1-3H3. The van der Waals surface area contributed by atoms with Crippen molar-refractivity contribution in [1.82, 2.24) is 14.7 Å². The van der Waals surface area contributed by atoms with Crippen molar-refractivity contribution in [1.29, 1.82) is 0 Å². The molecule has 38 heavy (non-hydrogen) atoms. The fourth-order valence-electron chi connectivity index (χ4n) is 5.43. The van der Waals surface area contributed by atoms with Crippen LogP contribution in [0.5, 0.6) is 5.75 Å². The van der Waals surface area contributed by atoms with Gasteiger partial charge < -0.3 is 9.47 Å². The van der Waals surface area contributed by atoms with Gasteiger partial charge in [0.05, 0.1) is 18.0 Å². The Morgan fingerprint density at radius 1 is 1.13 bits per heavy atom. The number of halogens is 2. The number of hydrogen-bond donors (Lipinski definition) is 0. The summed E-state index contributed by atoms with van der Waals surface area (Å²) in [6.45, 7) is 8.56. The summed E-state index contributed by atoms with van der Waals surface area (Å²) in [5.41, 5.74) is 5.64. The molecule has 0 radical (unpaired) electrons. The average molecular weight is 557 g/mol. The van der Waals surface area contributed by atoms with Gasteiger partial charge in [-0.2, -0.15) is 5.10 Å². The maximum atomic E-state index is 12.1. The van der Waals surface area contributed by atoms with Gasteiger partial charge in [-0.3, -0.25) is 14.4 Å². The molecule has 1 unspecified atom stereocenters. The number of rotatable bonds is 8. The molecule has 2 aromatic carbocycles.